The van der Waals surface area contributed by atoms with Crippen LogP contribution in [-0.2, 0) is 18.9 Å². The summed E-state index contributed by atoms with van der Waals surface area (Å²) in [5.41, 5.74) is 0. The molecule has 1 aliphatic heterocycles. The average Bonchev–Trinajstić information content (AvgIpc) is 2.68. The van der Waals surface area contributed by atoms with Gasteiger partial charge in [0, 0.05) is 19.8 Å². The lowest BCUT2D eigenvalue weighted by Crippen LogP contribution is -2.61. The molecule has 1 fully saturated rings. The Labute approximate surface area is 171 Å². The zero-order valence-corrected chi connectivity index (χ0v) is 18.5. The smallest absolute Gasteiger partial charge is 0.184 e. The van der Waals surface area contributed by atoms with Gasteiger partial charge in [0.1, 0.15) is 24.4 Å². The van der Waals surface area contributed by atoms with Crippen LogP contribution in [0.5, 0.6) is 0 Å². The van der Waals surface area contributed by atoms with E-state index < -0.39 is 30.7 Å². The van der Waals surface area contributed by atoms with Crippen molar-refractivity contribution in [1.29, 1.82) is 0 Å². The number of ether oxygens (including phenoxy) is 4. The summed E-state index contributed by atoms with van der Waals surface area (Å²) in [6, 6.07) is 0. The molecule has 0 saturated carbocycles. The summed E-state index contributed by atoms with van der Waals surface area (Å²) in [4.78, 5) is 0. The summed E-state index contributed by atoms with van der Waals surface area (Å²) in [5, 5.41) is 20.3. The monoisotopic (exact) mass is 404 g/mol. The molecular formula is C22H44O6. The van der Waals surface area contributed by atoms with Gasteiger partial charge in [0.2, 0.25) is 0 Å². The van der Waals surface area contributed by atoms with Gasteiger partial charge in [-0.2, -0.15) is 0 Å². The van der Waals surface area contributed by atoms with Crippen molar-refractivity contribution in [2.45, 2.75) is 110 Å². The van der Waals surface area contributed by atoms with Crippen LogP contribution in [0, 0.1) is 5.92 Å². The number of rotatable bonds is 16. The van der Waals surface area contributed by atoms with E-state index in [-0.39, 0.29) is 6.61 Å². The highest BCUT2D eigenvalue weighted by molar-refractivity contribution is 4.92. The maximum absolute atomic E-state index is 10.5. The molecule has 0 aromatic carbocycles. The first-order valence-corrected chi connectivity index (χ1v) is 11.4. The van der Waals surface area contributed by atoms with Crippen LogP contribution < -0.4 is 0 Å². The molecule has 1 heterocycles. The Balaban J connectivity index is 2.81. The molecule has 168 valence electrons. The summed E-state index contributed by atoms with van der Waals surface area (Å²) in [6.07, 6.45) is 5.23. The van der Waals surface area contributed by atoms with Gasteiger partial charge in [0.15, 0.2) is 6.29 Å². The Hall–Kier alpha value is -0.240. The molecule has 1 aliphatic rings. The van der Waals surface area contributed by atoms with Gasteiger partial charge in [-0.3, -0.25) is 0 Å². The standard InChI is InChI=1S/C22H44O6/c1-5-8-10-13-25-20-19(27-16-17(4)12-7-3)18(15-23)28-22(24)21(20)26-14-11-9-6-2/h17-24H,5-16H2,1-4H3/t17?,18-,19-,20+,21-,22?/m1/s1. The van der Waals surface area contributed by atoms with E-state index in [0.717, 1.165) is 51.4 Å². The van der Waals surface area contributed by atoms with Crippen molar-refractivity contribution < 1.29 is 29.2 Å². The minimum Gasteiger partial charge on any atom is -0.394 e. The Morgan fingerprint density at radius 1 is 0.821 bits per heavy atom. The molecule has 0 aromatic rings. The van der Waals surface area contributed by atoms with E-state index in [0.29, 0.717) is 25.7 Å². The van der Waals surface area contributed by atoms with E-state index in [1.54, 1.807) is 0 Å². The maximum atomic E-state index is 10.5. The van der Waals surface area contributed by atoms with Crippen LogP contribution >= 0.6 is 0 Å². The van der Waals surface area contributed by atoms with E-state index >= 15 is 0 Å². The molecule has 28 heavy (non-hydrogen) atoms. The van der Waals surface area contributed by atoms with Gasteiger partial charge in [0.25, 0.3) is 0 Å². The molecule has 6 nitrogen and oxygen atoms in total. The van der Waals surface area contributed by atoms with E-state index in [4.69, 9.17) is 18.9 Å². The van der Waals surface area contributed by atoms with Crippen molar-refractivity contribution in [3.63, 3.8) is 0 Å². The van der Waals surface area contributed by atoms with Gasteiger partial charge in [0.05, 0.1) is 6.61 Å². The van der Waals surface area contributed by atoms with Crippen molar-refractivity contribution in [3.05, 3.63) is 0 Å². The van der Waals surface area contributed by atoms with Crippen LogP contribution in [0.25, 0.3) is 0 Å². The first kappa shape index (κ1) is 25.8. The fourth-order valence-electron chi connectivity index (χ4n) is 3.61. The number of hydrogen-bond donors (Lipinski definition) is 2. The molecule has 2 unspecified atom stereocenters. The van der Waals surface area contributed by atoms with Crippen LogP contribution in [0.3, 0.4) is 0 Å². The minimum atomic E-state index is -1.12. The van der Waals surface area contributed by atoms with Crippen LogP contribution in [0.2, 0.25) is 0 Å². The van der Waals surface area contributed by atoms with Crippen molar-refractivity contribution in [1.82, 2.24) is 0 Å². The van der Waals surface area contributed by atoms with Crippen molar-refractivity contribution in [2.75, 3.05) is 26.4 Å². The van der Waals surface area contributed by atoms with E-state index in [1.807, 2.05) is 0 Å². The third kappa shape index (κ3) is 9.06. The predicted octanol–water partition coefficient (Wildman–Crippen LogP) is 3.67. The van der Waals surface area contributed by atoms with E-state index in [2.05, 4.69) is 27.7 Å². The second-order valence-corrected chi connectivity index (χ2v) is 8.02. The molecular weight excluding hydrogens is 360 g/mol. The fourth-order valence-corrected chi connectivity index (χ4v) is 3.61. The summed E-state index contributed by atoms with van der Waals surface area (Å²) in [6.45, 7) is 10.1. The molecule has 6 atom stereocenters. The average molecular weight is 405 g/mol. The summed E-state index contributed by atoms with van der Waals surface area (Å²) in [5.74, 6) is 0.417. The highest BCUT2D eigenvalue weighted by Crippen LogP contribution is 2.28. The van der Waals surface area contributed by atoms with E-state index in [1.165, 1.54) is 0 Å². The molecule has 0 aromatic heterocycles. The highest BCUT2D eigenvalue weighted by atomic mass is 16.7. The maximum Gasteiger partial charge on any atom is 0.184 e. The van der Waals surface area contributed by atoms with Crippen molar-refractivity contribution in [3.8, 4) is 0 Å². The largest absolute Gasteiger partial charge is 0.394 e. The Morgan fingerprint density at radius 2 is 1.43 bits per heavy atom. The number of hydrogen-bond acceptors (Lipinski definition) is 6. The number of aliphatic hydroxyl groups excluding tert-OH is 2. The molecule has 1 rings (SSSR count). The second-order valence-electron chi connectivity index (χ2n) is 8.02. The second kappa shape index (κ2) is 15.6. The molecule has 0 bridgehead atoms. The summed E-state index contributed by atoms with van der Waals surface area (Å²) >= 11 is 0. The van der Waals surface area contributed by atoms with Crippen LogP contribution in [0.4, 0.5) is 0 Å². The Morgan fingerprint density at radius 3 is 1.96 bits per heavy atom. The summed E-state index contributed by atoms with van der Waals surface area (Å²) < 4.78 is 24.0. The SMILES string of the molecule is CCCCCO[C@H]1[C@H](OCC(C)CCC)[C@@H](CO)OC(O)[C@@H]1OCCCCC. The van der Waals surface area contributed by atoms with Gasteiger partial charge in [-0.25, -0.2) is 0 Å². The highest BCUT2D eigenvalue weighted by Gasteiger charge is 2.47. The molecule has 0 radical (unpaired) electrons. The zero-order chi connectivity index (χ0) is 20.8. The van der Waals surface area contributed by atoms with Gasteiger partial charge in [-0.05, 0) is 25.2 Å². The number of unbranched alkanes of at least 4 members (excludes halogenated alkanes) is 4. The van der Waals surface area contributed by atoms with Crippen LogP contribution in [0.1, 0.15) is 79.1 Å². The zero-order valence-electron chi connectivity index (χ0n) is 18.5. The molecule has 0 spiro atoms. The Kier molecular flexibility index (Phi) is 14.4. The van der Waals surface area contributed by atoms with Crippen LogP contribution in [0.15, 0.2) is 0 Å². The molecule has 2 N–H and O–H groups in total. The van der Waals surface area contributed by atoms with Gasteiger partial charge < -0.3 is 29.2 Å². The first-order valence-electron chi connectivity index (χ1n) is 11.4. The summed E-state index contributed by atoms with van der Waals surface area (Å²) in [7, 11) is 0. The third-order valence-electron chi connectivity index (χ3n) is 5.26. The van der Waals surface area contributed by atoms with Gasteiger partial charge in [-0.15, -0.1) is 0 Å². The molecule has 0 aliphatic carbocycles. The normalized spacial score (nSPS) is 29.1. The lowest BCUT2D eigenvalue weighted by molar-refractivity contribution is -0.311. The predicted molar refractivity (Wildman–Crippen MR) is 110 cm³/mol. The minimum absolute atomic E-state index is 0.221. The Bertz CT molecular complexity index is 367. The molecule has 0 amide bonds. The van der Waals surface area contributed by atoms with Gasteiger partial charge >= 0.3 is 0 Å². The van der Waals surface area contributed by atoms with Crippen molar-refractivity contribution in [2.24, 2.45) is 5.92 Å². The molecule has 6 heteroatoms. The topological polar surface area (TPSA) is 77.4 Å². The first-order chi connectivity index (χ1) is 13.6. The lowest BCUT2D eigenvalue weighted by atomic mass is 9.97. The van der Waals surface area contributed by atoms with E-state index in [9.17, 15) is 10.2 Å². The van der Waals surface area contributed by atoms with Crippen molar-refractivity contribution >= 4 is 0 Å². The fraction of sp³-hybridized carbons (Fsp3) is 1.00. The van der Waals surface area contributed by atoms with Gasteiger partial charge in [-0.1, -0.05) is 59.8 Å². The van der Waals surface area contributed by atoms with Crippen LogP contribution in [-0.4, -0.2) is 67.3 Å². The number of aliphatic hydroxyl groups is 2. The lowest BCUT2D eigenvalue weighted by Gasteiger charge is -2.44. The third-order valence-corrected chi connectivity index (χ3v) is 5.26. The quantitative estimate of drug-likeness (QED) is 0.382. The molecule has 1 saturated heterocycles.